The van der Waals surface area contributed by atoms with Crippen LogP contribution in [-0.4, -0.2) is 43.5 Å². The maximum Gasteiger partial charge on any atom is 0.260 e. The van der Waals surface area contributed by atoms with Crippen LogP contribution in [0.4, 0.5) is 0 Å². The van der Waals surface area contributed by atoms with Gasteiger partial charge in [-0.1, -0.05) is 24.3 Å². The number of aryl methyl sites for hydroxylation is 1. The number of carbonyl (C=O) groups is 2. The molecule has 0 saturated carbocycles. The third kappa shape index (κ3) is 5.53. The van der Waals surface area contributed by atoms with E-state index in [2.05, 4.69) is 5.32 Å². The number of nitrogens with zero attached hydrogens (tertiary/aromatic N) is 1. The zero-order valence-corrected chi connectivity index (χ0v) is 17.9. The van der Waals surface area contributed by atoms with Crippen molar-refractivity contribution in [2.75, 3.05) is 26.8 Å². The summed E-state index contributed by atoms with van der Waals surface area (Å²) in [4.78, 5) is 27.3. The number of nitrogens with one attached hydrogen (secondary N) is 1. The first kappa shape index (κ1) is 21.7. The van der Waals surface area contributed by atoms with Crippen LogP contribution in [0.3, 0.4) is 0 Å². The molecule has 2 amide bonds. The molecule has 1 saturated heterocycles. The second-order valence-corrected chi connectivity index (χ2v) is 8.12. The predicted molar refractivity (Wildman–Crippen MR) is 115 cm³/mol. The molecule has 0 radical (unpaired) electrons. The van der Waals surface area contributed by atoms with Gasteiger partial charge in [-0.15, -0.1) is 0 Å². The van der Waals surface area contributed by atoms with E-state index in [-0.39, 0.29) is 18.4 Å². The third-order valence-electron chi connectivity index (χ3n) is 5.56. The monoisotopic (exact) mass is 410 g/mol. The molecule has 1 fully saturated rings. The largest absolute Gasteiger partial charge is 0.497 e. The van der Waals surface area contributed by atoms with Gasteiger partial charge in [0.2, 0.25) is 5.91 Å². The number of benzene rings is 2. The lowest BCUT2D eigenvalue weighted by atomic mass is 9.81. The van der Waals surface area contributed by atoms with Gasteiger partial charge in [-0.05, 0) is 62.1 Å². The Morgan fingerprint density at radius 3 is 2.60 bits per heavy atom. The highest BCUT2D eigenvalue weighted by Gasteiger charge is 2.39. The highest BCUT2D eigenvalue weighted by atomic mass is 16.5. The second-order valence-electron chi connectivity index (χ2n) is 8.12. The maximum absolute atomic E-state index is 12.9. The molecule has 6 nitrogen and oxygen atoms in total. The topological polar surface area (TPSA) is 67.9 Å². The number of hydrogen-bond donors (Lipinski definition) is 1. The molecule has 0 spiro atoms. The van der Waals surface area contributed by atoms with E-state index in [0.29, 0.717) is 25.4 Å². The van der Waals surface area contributed by atoms with Crippen LogP contribution in [0, 0.1) is 12.3 Å². The minimum atomic E-state index is -0.607. The molecule has 0 aliphatic carbocycles. The van der Waals surface area contributed by atoms with Crippen molar-refractivity contribution in [2.24, 2.45) is 5.41 Å². The quantitative estimate of drug-likeness (QED) is 0.760. The highest BCUT2D eigenvalue weighted by Crippen LogP contribution is 2.30. The Balaban J connectivity index is 1.53. The Bertz CT molecular complexity index is 881. The van der Waals surface area contributed by atoms with Crippen LogP contribution in [0.2, 0.25) is 0 Å². The van der Waals surface area contributed by atoms with Crippen LogP contribution in [0.25, 0.3) is 0 Å². The fraction of sp³-hybridized carbons (Fsp3) is 0.417. The molecular formula is C24H30N2O4. The third-order valence-corrected chi connectivity index (χ3v) is 5.56. The fourth-order valence-corrected chi connectivity index (χ4v) is 3.72. The zero-order chi connectivity index (χ0) is 21.6. The molecule has 1 N–H and O–H groups in total. The predicted octanol–water partition coefficient (Wildman–Crippen LogP) is 3.33. The number of piperidine rings is 1. The van der Waals surface area contributed by atoms with E-state index < -0.39 is 5.41 Å². The van der Waals surface area contributed by atoms with Crippen LogP contribution in [-0.2, 0) is 16.1 Å². The molecule has 2 aromatic carbocycles. The number of carbonyl (C=O) groups excluding carboxylic acids is 2. The molecule has 0 bridgehead atoms. The van der Waals surface area contributed by atoms with E-state index in [1.54, 1.807) is 12.0 Å². The molecule has 0 unspecified atom stereocenters. The second kappa shape index (κ2) is 9.65. The molecule has 1 aliphatic rings. The Labute approximate surface area is 178 Å². The summed E-state index contributed by atoms with van der Waals surface area (Å²) in [7, 11) is 1.62. The minimum absolute atomic E-state index is 0.0208. The van der Waals surface area contributed by atoms with Gasteiger partial charge in [0.15, 0.2) is 6.61 Å². The average molecular weight is 411 g/mol. The SMILES string of the molecule is COc1ccc(CNC(=O)[C@]2(C)CCCN(C(=O)COc3cccc(C)c3)C2)cc1. The normalized spacial score (nSPS) is 18.6. The van der Waals surface area contributed by atoms with Crippen molar-refractivity contribution < 1.29 is 19.1 Å². The van der Waals surface area contributed by atoms with Gasteiger partial charge in [0.1, 0.15) is 11.5 Å². The van der Waals surface area contributed by atoms with Crippen molar-refractivity contribution in [1.82, 2.24) is 10.2 Å². The maximum atomic E-state index is 12.9. The summed E-state index contributed by atoms with van der Waals surface area (Å²) in [6, 6.07) is 15.2. The van der Waals surface area contributed by atoms with Crippen LogP contribution in [0.15, 0.2) is 48.5 Å². The number of amides is 2. The molecule has 0 aromatic heterocycles. The van der Waals surface area contributed by atoms with E-state index in [9.17, 15) is 9.59 Å². The summed E-state index contributed by atoms with van der Waals surface area (Å²) < 4.78 is 10.8. The van der Waals surface area contributed by atoms with E-state index in [0.717, 1.165) is 29.7 Å². The number of rotatable bonds is 7. The Morgan fingerprint density at radius 2 is 1.90 bits per heavy atom. The first-order valence-electron chi connectivity index (χ1n) is 10.3. The summed E-state index contributed by atoms with van der Waals surface area (Å²) in [5.41, 5.74) is 1.48. The summed E-state index contributed by atoms with van der Waals surface area (Å²) in [6.07, 6.45) is 1.55. The van der Waals surface area contributed by atoms with Gasteiger partial charge in [-0.2, -0.15) is 0 Å². The number of hydrogen-bond acceptors (Lipinski definition) is 4. The van der Waals surface area contributed by atoms with Crippen LogP contribution in [0.5, 0.6) is 11.5 Å². The molecule has 3 rings (SSSR count). The van der Waals surface area contributed by atoms with Gasteiger partial charge in [-0.25, -0.2) is 0 Å². The molecule has 30 heavy (non-hydrogen) atoms. The van der Waals surface area contributed by atoms with E-state index in [1.165, 1.54) is 0 Å². The standard InChI is InChI=1S/C24H30N2O4/c1-18-6-4-7-21(14-18)30-16-22(27)26-13-5-12-24(2,17-26)23(28)25-15-19-8-10-20(29-3)11-9-19/h4,6-11,14H,5,12-13,15-17H2,1-3H3,(H,25,28)/t24-/m1/s1. The molecule has 160 valence electrons. The van der Waals surface area contributed by atoms with Gasteiger partial charge in [0, 0.05) is 19.6 Å². The summed E-state index contributed by atoms with van der Waals surface area (Å²) in [5, 5.41) is 3.02. The van der Waals surface area contributed by atoms with Crippen LogP contribution < -0.4 is 14.8 Å². The summed E-state index contributed by atoms with van der Waals surface area (Å²) >= 11 is 0. The van der Waals surface area contributed by atoms with Crippen molar-refractivity contribution in [3.8, 4) is 11.5 Å². The van der Waals surface area contributed by atoms with Crippen molar-refractivity contribution in [1.29, 1.82) is 0 Å². The van der Waals surface area contributed by atoms with Crippen molar-refractivity contribution >= 4 is 11.8 Å². The van der Waals surface area contributed by atoms with E-state index in [1.807, 2.05) is 62.4 Å². The minimum Gasteiger partial charge on any atom is -0.497 e. The Morgan fingerprint density at radius 1 is 1.13 bits per heavy atom. The molecule has 2 aromatic rings. The lowest BCUT2D eigenvalue weighted by Gasteiger charge is -2.39. The van der Waals surface area contributed by atoms with Gasteiger partial charge >= 0.3 is 0 Å². The summed E-state index contributed by atoms with van der Waals surface area (Å²) in [5.74, 6) is 1.34. The van der Waals surface area contributed by atoms with Crippen LogP contribution in [0.1, 0.15) is 30.9 Å². The lowest BCUT2D eigenvalue weighted by molar-refractivity contribution is -0.142. The average Bonchev–Trinajstić information content (AvgIpc) is 2.76. The number of methoxy groups -OCH3 is 1. The molecular weight excluding hydrogens is 380 g/mol. The number of ether oxygens (including phenoxy) is 2. The first-order chi connectivity index (χ1) is 14.4. The van der Waals surface area contributed by atoms with Gasteiger partial charge in [0.25, 0.3) is 5.91 Å². The number of likely N-dealkylation sites (tertiary alicyclic amines) is 1. The Hall–Kier alpha value is -3.02. The van der Waals surface area contributed by atoms with Gasteiger partial charge < -0.3 is 19.7 Å². The lowest BCUT2D eigenvalue weighted by Crippen LogP contribution is -2.52. The van der Waals surface area contributed by atoms with Crippen LogP contribution >= 0.6 is 0 Å². The summed E-state index contributed by atoms with van der Waals surface area (Å²) in [6.45, 7) is 5.39. The molecule has 6 heteroatoms. The smallest absolute Gasteiger partial charge is 0.260 e. The molecule has 1 atom stereocenters. The van der Waals surface area contributed by atoms with Crippen molar-refractivity contribution in [2.45, 2.75) is 33.2 Å². The van der Waals surface area contributed by atoms with Crippen molar-refractivity contribution in [3.05, 3.63) is 59.7 Å². The van der Waals surface area contributed by atoms with Crippen molar-refractivity contribution in [3.63, 3.8) is 0 Å². The first-order valence-corrected chi connectivity index (χ1v) is 10.3. The molecule has 1 heterocycles. The van der Waals surface area contributed by atoms with E-state index >= 15 is 0 Å². The molecule has 1 aliphatic heterocycles. The zero-order valence-electron chi connectivity index (χ0n) is 17.9. The highest BCUT2D eigenvalue weighted by molar-refractivity contribution is 5.84. The van der Waals surface area contributed by atoms with Gasteiger partial charge in [0.05, 0.1) is 12.5 Å². The van der Waals surface area contributed by atoms with E-state index in [4.69, 9.17) is 9.47 Å². The van der Waals surface area contributed by atoms with Gasteiger partial charge in [-0.3, -0.25) is 9.59 Å². The fourth-order valence-electron chi connectivity index (χ4n) is 3.72. The Kier molecular flexibility index (Phi) is 6.98.